The molecule has 1 aliphatic rings. The van der Waals surface area contributed by atoms with E-state index in [1.807, 2.05) is 0 Å². The molecule has 0 aliphatic heterocycles. The highest BCUT2D eigenvalue weighted by molar-refractivity contribution is 4.77. The van der Waals surface area contributed by atoms with Crippen molar-refractivity contribution < 1.29 is 0 Å². The molecule has 0 spiro atoms. The van der Waals surface area contributed by atoms with Gasteiger partial charge in [-0.3, -0.25) is 0 Å². The van der Waals surface area contributed by atoms with Crippen LogP contribution in [-0.2, 0) is 0 Å². The molecule has 0 heterocycles. The fraction of sp³-hybridized carbons (Fsp3) is 1.00. The van der Waals surface area contributed by atoms with Gasteiger partial charge in [-0.1, -0.05) is 13.3 Å². The Morgan fingerprint density at radius 1 is 1.57 bits per heavy atom. The molecule has 0 amide bonds. The molecular formula is C6H13N. The van der Waals surface area contributed by atoms with E-state index in [0.29, 0.717) is 0 Å². The van der Waals surface area contributed by atoms with Crippen molar-refractivity contribution in [1.82, 2.24) is 0 Å². The lowest BCUT2D eigenvalue weighted by atomic mass is 9.75. The fourth-order valence-electron chi connectivity index (χ4n) is 1.09. The summed E-state index contributed by atoms with van der Waals surface area (Å²) in [6, 6.07) is 0. The summed E-state index contributed by atoms with van der Waals surface area (Å²) in [7, 11) is 0. The Balaban J connectivity index is 2.16. The molecule has 0 radical (unpaired) electrons. The van der Waals surface area contributed by atoms with E-state index in [4.69, 9.17) is 5.73 Å². The lowest BCUT2D eigenvalue weighted by Gasteiger charge is -2.32. The Hall–Kier alpha value is -0.0400. The van der Waals surface area contributed by atoms with E-state index in [0.717, 1.165) is 18.4 Å². The van der Waals surface area contributed by atoms with Crippen molar-refractivity contribution in [3.05, 3.63) is 0 Å². The van der Waals surface area contributed by atoms with Crippen molar-refractivity contribution in [1.29, 1.82) is 0 Å². The number of rotatable bonds is 1. The van der Waals surface area contributed by atoms with E-state index in [9.17, 15) is 0 Å². The molecule has 1 nitrogen and oxygen atoms in total. The highest BCUT2D eigenvalue weighted by Gasteiger charge is 2.24. The van der Waals surface area contributed by atoms with Crippen LogP contribution in [0.15, 0.2) is 0 Å². The first kappa shape index (κ1) is 5.10. The second-order valence-electron chi connectivity index (χ2n) is 2.55. The van der Waals surface area contributed by atoms with Crippen LogP contribution in [0.5, 0.6) is 0 Å². The van der Waals surface area contributed by atoms with Gasteiger partial charge in [0.15, 0.2) is 0 Å². The molecule has 7 heavy (non-hydrogen) atoms. The highest BCUT2D eigenvalue weighted by Crippen LogP contribution is 2.31. The molecule has 1 rings (SSSR count). The number of nitrogens with two attached hydrogens (primary N) is 1. The zero-order chi connectivity index (χ0) is 5.28. The van der Waals surface area contributed by atoms with Crippen LogP contribution in [-0.4, -0.2) is 6.54 Å². The average molecular weight is 99.2 g/mol. The summed E-state index contributed by atoms with van der Waals surface area (Å²) in [4.78, 5) is 0. The maximum atomic E-state index is 5.42. The van der Waals surface area contributed by atoms with Crippen LogP contribution in [0.2, 0.25) is 0 Å². The molecule has 1 fully saturated rings. The zero-order valence-electron chi connectivity index (χ0n) is 4.85. The Morgan fingerprint density at radius 3 is 2.29 bits per heavy atom. The average Bonchev–Trinajstić information content (AvgIpc) is 1.65. The summed E-state index contributed by atoms with van der Waals surface area (Å²) in [5.41, 5.74) is 5.42. The van der Waals surface area contributed by atoms with Crippen molar-refractivity contribution in [3.8, 4) is 0 Å². The minimum atomic E-state index is 0.861. The molecule has 2 atom stereocenters. The predicted octanol–water partition coefficient (Wildman–Crippen LogP) is 0.991. The van der Waals surface area contributed by atoms with Crippen molar-refractivity contribution in [2.45, 2.75) is 19.8 Å². The highest BCUT2D eigenvalue weighted by atomic mass is 14.6. The molecule has 1 heteroatoms. The van der Waals surface area contributed by atoms with E-state index in [1.165, 1.54) is 12.8 Å². The fourth-order valence-corrected chi connectivity index (χ4v) is 1.09. The molecule has 0 aromatic rings. The standard InChI is InChI=1S/C6H13N/c1-5-2-3-6(5)4-7/h5-6H,2-4,7H2,1H3/t5-,6-/m0/s1. The summed E-state index contributed by atoms with van der Waals surface area (Å²) >= 11 is 0. The van der Waals surface area contributed by atoms with Gasteiger partial charge in [0.25, 0.3) is 0 Å². The van der Waals surface area contributed by atoms with Crippen LogP contribution in [0.4, 0.5) is 0 Å². The van der Waals surface area contributed by atoms with Crippen LogP contribution in [0.1, 0.15) is 19.8 Å². The Bertz CT molecular complexity index is 59.2. The number of hydrogen-bond acceptors (Lipinski definition) is 1. The van der Waals surface area contributed by atoms with Gasteiger partial charge in [-0.25, -0.2) is 0 Å². The normalized spacial score (nSPS) is 40.3. The largest absolute Gasteiger partial charge is 0.330 e. The summed E-state index contributed by atoms with van der Waals surface area (Å²) < 4.78 is 0. The van der Waals surface area contributed by atoms with Crippen LogP contribution in [0.3, 0.4) is 0 Å². The second-order valence-corrected chi connectivity index (χ2v) is 2.55. The monoisotopic (exact) mass is 99.1 g/mol. The third-order valence-corrected chi connectivity index (χ3v) is 2.10. The molecule has 0 saturated heterocycles. The first-order valence-corrected chi connectivity index (χ1v) is 3.04. The molecule has 0 aromatic heterocycles. The Labute approximate surface area is 44.9 Å². The molecule has 42 valence electrons. The van der Waals surface area contributed by atoms with E-state index in [-0.39, 0.29) is 0 Å². The van der Waals surface area contributed by atoms with Gasteiger partial charge in [0.1, 0.15) is 0 Å². The third kappa shape index (κ3) is 0.778. The first-order chi connectivity index (χ1) is 3.34. The summed E-state index contributed by atoms with van der Waals surface area (Å²) in [5, 5.41) is 0. The van der Waals surface area contributed by atoms with E-state index in [1.54, 1.807) is 0 Å². The SMILES string of the molecule is C[C@H]1CC[C@H]1CN. The van der Waals surface area contributed by atoms with Gasteiger partial charge >= 0.3 is 0 Å². The van der Waals surface area contributed by atoms with Gasteiger partial charge < -0.3 is 5.73 Å². The molecule has 1 aliphatic carbocycles. The first-order valence-electron chi connectivity index (χ1n) is 3.04. The molecule has 0 bridgehead atoms. The van der Waals surface area contributed by atoms with Crippen molar-refractivity contribution >= 4 is 0 Å². The van der Waals surface area contributed by atoms with Gasteiger partial charge in [0.2, 0.25) is 0 Å². The smallest absolute Gasteiger partial charge is 0.00463 e. The molecule has 1 saturated carbocycles. The van der Waals surface area contributed by atoms with Gasteiger partial charge in [-0.2, -0.15) is 0 Å². The lowest BCUT2D eigenvalue weighted by molar-refractivity contribution is 0.205. The Morgan fingerprint density at radius 2 is 2.29 bits per heavy atom. The van der Waals surface area contributed by atoms with E-state index < -0.39 is 0 Å². The van der Waals surface area contributed by atoms with Gasteiger partial charge in [-0.15, -0.1) is 0 Å². The maximum absolute atomic E-state index is 5.42. The molecule has 0 unspecified atom stereocenters. The van der Waals surface area contributed by atoms with Crippen molar-refractivity contribution in [2.75, 3.05) is 6.54 Å². The third-order valence-electron chi connectivity index (χ3n) is 2.10. The molecule has 2 N–H and O–H groups in total. The van der Waals surface area contributed by atoms with Gasteiger partial charge in [0, 0.05) is 0 Å². The lowest BCUT2D eigenvalue weighted by Crippen LogP contribution is -2.29. The van der Waals surface area contributed by atoms with Gasteiger partial charge in [0.05, 0.1) is 0 Å². The quantitative estimate of drug-likeness (QED) is 0.521. The minimum Gasteiger partial charge on any atom is -0.330 e. The van der Waals surface area contributed by atoms with Gasteiger partial charge in [-0.05, 0) is 24.8 Å². The van der Waals surface area contributed by atoms with E-state index in [2.05, 4.69) is 6.92 Å². The second kappa shape index (κ2) is 1.83. The maximum Gasteiger partial charge on any atom is -0.00463 e. The van der Waals surface area contributed by atoms with Crippen LogP contribution < -0.4 is 5.73 Å². The minimum absolute atomic E-state index is 0.861. The zero-order valence-corrected chi connectivity index (χ0v) is 4.85. The number of hydrogen-bond donors (Lipinski definition) is 1. The summed E-state index contributed by atoms with van der Waals surface area (Å²) in [5.74, 6) is 1.78. The van der Waals surface area contributed by atoms with Crippen LogP contribution >= 0.6 is 0 Å². The molecule has 0 aromatic carbocycles. The molecular weight excluding hydrogens is 86.1 g/mol. The predicted molar refractivity (Wildman–Crippen MR) is 30.9 cm³/mol. The van der Waals surface area contributed by atoms with Crippen LogP contribution in [0.25, 0.3) is 0 Å². The van der Waals surface area contributed by atoms with Crippen molar-refractivity contribution in [3.63, 3.8) is 0 Å². The van der Waals surface area contributed by atoms with Crippen LogP contribution in [0, 0.1) is 11.8 Å². The van der Waals surface area contributed by atoms with E-state index >= 15 is 0 Å². The topological polar surface area (TPSA) is 26.0 Å². The Kier molecular flexibility index (Phi) is 1.33. The summed E-state index contributed by atoms with van der Waals surface area (Å²) in [6.45, 7) is 3.18. The van der Waals surface area contributed by atoms with Crippen molar-refractivity contribution in [2.24, 2.45) is 17.6 Å². The summed E-state index contributed by atoms with van der Waals surface area (Å²) in [6.07, 6.45) is 2.78.